The van der Waals surface area contributed by atoms with Gasteiger partial charge in [0.1, 0.15) is 5.82 Å². The van der Waals surface area contributed by atoms with Crippen LogP contribution in [0.5, 0.6) is 5.88 Å². The number of pyridine rings is 1. The lowest BCUT2D eigenvalue weighted by Gasteiger charge is -2.30. The third-order valence-electron chi connectivity index (χ3n) is 5.20. The maximum absolute atomic E-state index is 13.4. The van der Waals surface area contributed by atoms with Crippen molar-refractivity contribution in [2.24, 2.45) is 0 Å². The smallest absolute Gasteiger partial charge is 0.322 e. The van der Waals surface area contributed by atoms with E-state index in [1.54, 1.807) is 13.3 Å². The first-order valence-electron chi connectivity index (χ1n) is 9.45. The molecule has 0 bridgehead atoms. The monoisotopic (exact) mass is 413 g/mol. The number of rotatable bonds is 5. The fourth-order valence-electron chi connectivity index (χ4n) is 3.61. The van der Waals surface area contributed by atoms with E-state index in [1.807, 2.05) is 36.1 Å². The number of carbonyl (C=O) groups is 1. The molecular formula is C22H21ClFN3O2. The number of aromatic nitrogens is 1. The van der Waals surface area contributed by atoms with Crippen molar-refractivity contribution in [3.8, 4) is 5.88 Å². The van der Waals surface area contributed by atoms with Crippen molar-refractivity contribution in [2.75, 3.05) is 12.4 Å². The number of anilines is 1. The zero-order chi connectivity index (χ0) is 20.5. The minimum Gasteiger partial charge on any atom is -0.481 e. The minimum atomic E-state index is -0.521. The van der Waals surface area contributed by atoms with Crippen molar-refractivity contribution < 1.29 is 13.9 Å². The van der Waals surface area contributed by atoms with Gasteiger partial charge >= 0.3 is 6.03 Å². The lowest BCUT2D eigenvalue weighted by molar-refractivity contribution is 0.189. The number of amides is 2. The minimum absolute atomic E-state index is 0.0285. The van der Waals surface area contributed by atoms with Crippen LogP contribution in [-0.4, -0.2) is 29.1 Å². The number of ether oxygens (including phenoxy) is 1. The number of nitrogens with zero attached hydrogens (tertiary/aromatic N) is 2. The SMILES string of the molecule is COc1ncc(C(C)N(C(=O)Nc2ccc(F)c(Cl)c2)C2CC2)c2ccccc12. The topological polar surface area (TPSA) is 54.5 Å². The number of nitrogens with one attached hydrogen (secondary N) is 1. The fraction of sp³-hybridized carbons (Fsp3) is 0.273. The summed E-state index contributed by atoms with van der Waals surface area (Å²) in [6.45, 7) is 1.99. The first-order chi connectivity index (χ1) is 14.0. The summed E-state index contributed by atoms with van der Waals surface area (Å²) in [7, 11) is 1.59. The molecule has 0 spiro atoms. The van der Waals surface area contributed by atoms with Gasteiger partial charge in [-0.05, 0) is 49.4 Å². The van der Waals surface area contributed by atoms with Crippen LogP contribution in [0.2, 0.25) is 5.02 Å². The highest BCUT2D eigenvalue weighted by atomic mass is 35.5. The number of benzene rings is 2. The van der Waals surface area contributed by atoms with E-state index in [0.29, 0.717) is 11.6 Å². The molecule has 0 radical (unpaired) electrons. The Bertz CT molecular complexity index is 1070. The summed E-state index contributed by atoms with van der Waals surface area (Å²) in [5.41, 5.74) is 1.40. The molecule has 1 fully saturated rings. The Morgan fingerprint density at radius 1 is 1.28 bits per heavy atom. The van der Waals surface area contributed by atoms with E-state index in [9.17, 15) is 9.18 Å². The second kappa shape index (κ2) is 7.87. The molecule has 4 rings (SSSR count). The van der Waals surface area contributed by atoms with Gasteiger partial charge in [0.2, 0.25) is 5.88 Å². The summed E-state index contributed by atoms with van der Waals surface area (Å²) in [5, 5.41) is 4.71. The molecule has 7 heteroatoms. The van der Waals surface area contributed by atoms with E-state index in [-0.39, 0.29) is 23.1 Å². The van der Waals surface area contributed by atoms with E-state index in [4.69, 9.17) is 16.3 Å². The first-order valence-corrected chi connectivity index (χ1v) is 9.83. The molecule has 0 saturated heterocycles. The molecule has 1 heterocycles. The highest BCUT2D eigenvalue weighted by Gasteiger charge is 2.37. The van der Waals surface area contributed by atoms with Crippen LogP contribution in [0.1, 0.15) is 31.4 Å². The fourth-order valence-corrected chi connectivity index (χ4v) is 3.79. The maximum atomic E-state index is 13.4. The molecule has 0 aliphatic heterocycles. The van der Waals surface area contributed by atoms with Gasteiger partial charge in [-0.2, -0.15) is 0 Å². The molecule has 1 N–H and O–H groups in total. The van der Waals surface area contributed by atoms with Crippen molar-refractivity contribution in [3.05, 3.63) is 65.1 Å². The number of urea groups is 1. The van der Waals surface area contributed by atoms with Crippen LogP contribution >= 0.6 is 11.6 Å². The third kappa shape index (κ3) is 3.85. The molecule has 1 atom stereocenters. The molecule has 150 valence electrons. The van der Waals surface area contributed by atoms with Crippen LogP contribution in [-0.2, 0) is 0 Å². The van der Waals surface area contributed by atoms with Gasteiger partial charge in [-0.15, -0.1) is 0 Å². The van der Waals surface area contributed by atoms with Crippen molar-refractivity contribution >= 4 is 34.1 Å². The lowest BCUT2D eigenvalue weighted by atomic mass is 10.0. The van der Waals surface area contributed by atoms with Gasteiger partial charge < -0.3 is 15.0 Å². The Balaban J connectivity index is 1.66. The van der Waals surface area contributed by atoms with Crippen LogP contribution in [0.4, 0.5) is 14.9 Å². The number of methoxy groups -OCH3 is 1. The average Bonchev–Trinajstić information content (AvgIpc) is 3.55. The standard InChI is InChI=1S/C22H21ClFN3O2/c1-13(18-12-25-21(29-2)17-6-4-3-5-16(17)18)27(15-8-9-15)22(28)26-14-7-10-20(24)19(23)11-14/h3-7,10-13,15H,8-9H2,1-2H3,(H,26,28). The molecule has 1 saturated carbocycles. The Hall–Kier alpha value is -2.86. The average molecular weight is 414 g/mol. The maximum Gasteiger partial charge on any atom is 0.322 e. The molecule has 1 unspecified atom stereocenters. The zero-order valence-corrected chi connectivity index (χ0v) is 16.9. The van der Waals surface area contributed by atoms with Crippen LogP contribution in [0.3, 0.4) is 0 Å². The lowest BCUT2D eigenvalue weighted by Crippen LogP contribution is -2.38. The second-order valence-corrected chi connectivity index (χ2v) is 7.55. The quantitative estimate of drug-likeness (QED) is 0.575. The van der Waals surface area contributed by atoms with Gasteiger partial charge in [0.25, 0.3) is 0 Å². The molecule has 1 aromatic heterocycles. The van der Waals surface area contributed by atoms with Gasteiger partial charge in [0.15, 0.2) is 0 Å². The Kier molecular flexibility index (Phi) is 5.28. The van der Waals surface area contributed by atoms with Gasteiger partial charge in [-0.1, -0.05) is 29.8 Å². The summed E-state index contributed by atoms with van der Waals surface area (Å²) in [6.07, 6.45) is 3.66. The summed E-state index contributed by atoms with van der Waals surface area (Å²) in [5.74, 6) is 0.0350. The molecule has 1 aliphatic carbocycles. The van der Waals surface area contributed by atoms with E-state index < -0.39 is 5.82 Å². The van der Waals surface area contributed by atoms with Gasteiger partial charge in [0.05, 0.1) is 18.2 Å². The first kappa shape index (κ1) is 19.5. The van der Waals surface area contributed by atoms with Crippen molar-refractivity contribution in [1.29, 1.82) is 0 Å². The summed E-state index contributed by atoms with van der Waals surface area (Å²) >= 11 is 5.84. The number of halogens is 2. The van der Waals surface area contributed by atoms with Gasteiger partial charge in [0, 0.05) is 28.9 Å². The van der Waals surface area contributed by atoms with Crippen molar-refractivity contribution in [3.63, 3.8) is 0 Å². The molecule has 5 nitrogen and oxygen atoms in total. The van der Waals surface area contributed by atoms with E-state index in [1.165, 1.54) is 18.2 Å². The molecule has 29 heavy (non-hydrogen) atoms. The van der Waals surface area contributed by atoms with E-state index in [0.717, 1.165) is 29.2 Å². The van der Waals surface area contributed by atoms with Crippen molar-refractivity contribution in [1.82, 2.24) is 9.88 Å². The zero-order valence-electron chi connectivity index (χ0n) is 16.2. The van der Waals surface area contributed by atoms with Crippen LogP contribution in [0.15, 0.2) is 48.7 Å². The predicted molar refractivity (Wildman–Crippen MR) is 112 cm³/mol. The van der Waals surface area contributed by atoms with Crippen LogP contribution < -0.4 is 10.1 Å². The van der Waals surface area contributed by atoms with E-state index >= 15 is 0 Å². The van der Waals surface area contributed by atoms with Crippen molar-refractivity contribution in [2.45, 2.75) is 31.8 Å². The Morgan fingerprint density at radius 2 is 2.00 bits per heavy atom. The highest BCUT2D eigenvalue weighted by Crippen LogP contribution is 2.38. The Labute approximate surface area is 173 Å². The molecule has 2 aromatic carbocycles. The third-order valence-corrected chi connectivity index (χ3v) is 5.49. The van der Waals surface area contributed by atoms with Gasteiger partial charge in [-0.25, -0.2) is 14.2 Å². The molecule has 1 aliphatic rings. The van der Waals surface area contributed by atoms with E-state index in [2.05, 4.69) is 10.3 Å². The number of hydrogen-bond donors (Lipinski definition) is 1. The number of fused-ring (bicyclic) bond motifs is 1. The normalized spacial score (nSPS) is 14.5. The molecule has 2 amide bonds. The summed E-state index contributed by atoms with van der Waals surface area (Å²) < 4.78 is 18.8. The molecule has 3 aromatic rings. The Morgan fingerprint density at radius 3 is 2.66 bits per heavy atom. The number of carbonyl (C=O) groups excluding carboxylic acids is 1. The largest absolute Gasteiger partial charge is 0.481 e. The number of hydrogen-bond acceptors (Lipinski definition) is 3. The second-order valence-electron chi connectivity index (χ2n) is 7.14. The summed E-state index contributed by atoms with van der Waals surface area (Å²) in [4.78, 5) is 19.4. The highest BCUT2D eigenvalue weighted by molar-refractivity contribution is 6.31. The molecular weight excluding hydrogens is 393 g/mol. The summed E-state index contributed by atoms with van der Waals surface area (Å²) in [6, 6.07) is 11.7. The van der Waals surface area contributed by atoms with Gasteiger partial charge in [-0.3, -0.25) is 0 Å². The van der Waals surface area contributed by atoms with Crippen LogP contribution in [0.25, 0.3) is 10.8 Å². The predicted octanol–water partition coefficient (Wildman–Crippen LogP) is 5.79. The van der Waals surface area contributed by atoms with Crippen LogP contribution in [0, 0.1) is 5.82 Å².